The van der Waals surface area contributed by atoms with E-state index in [2.05, 4.69) is 36.0 Å². The van der Waals surface area contributed by atoms with Crippen LogP contribution < -0.4 is 5.73 Å². The molecule has 1 saturated carbocycles. The summed E-state index contributed by atoms with van der Waals surface area (Å²) in [6, 6.07) is 5.73. The van der Waals surface area contributed by atoms with Crippen LogP contribution in [-0.2, 0) is 0 Å². The molecule has 3 heteroatoms. The quantitative estimate of drug-likeness (QED) is 0.796. The summed E-state index contributed by atoms with van der Waals surface area (Å²) in [5, 5.41) is 0. The van der Waals surface area contributed by atoms with Crippen molar-refractivity contribution in [3.8, 4) is 0 Å². The van der Waals surface area contributed by atoms with Gasteiger partial charge in [-0.25, -0.2) is 0 Å². The first-order valence-electron chi connectivity index (χ1n) is 6.30. The Morgan fingerprint density at radius 3 is 2.81 bits per heavy atom. The molecule has 1 aliphatic carbocycles. The number of piperidine rings is 1. The summed E-state index contributed by atoms with van der Waals surface area (Å²) in [5.74, 6) is 0.814. The van der Waals surface area contributed by atoms with Crippen molar-refractivity contribution in [2.45, 2.75) is 44.3 Å². The van der Waals surface area contributed by atoms with Crippen molar-refractivity contribution < 1.29 is 0 Å². The first-order valence-corrected chi connectivity index (χ1v) is 6.30. The average molecular weight is 219 g/mol. The van der Waals surface area contributed by atoms with Crippen LogP contribution in [0.1, 0.15) is 36.7 Å². The molecule has 2 aliphatic rings. The number of aryl methyl sites for hydroxylation is 1. The van der Waals surface area contributed by atoms with E-state index in [1.165, 1.54) is 30.7 Å². The van der Waals surface area contributed by atoms with Crippen LogP contribution in [0.4, 0.5) is 0 Å². The van der Waals surface area contributed by atoms with Gasteiger partial charge in [0.25, 0.3) is 0 Å². The Morgan fingerprint density at radius 1 is 1.44 bits per heavy atom. The molecule has 2 heterocycles. The number of nitrogens with zero attached hydrogens (tertiary/aromatic N) is 1. The summed E-state index contributed by atoms with van der Waals surface area (Å²) >= 11 is 0. The summed E-state index contributed by atoms with van der Waals surface area (Å²) < 4.78 is 0. The van der Waals surface area contributed by atoms with Crippen molar-refractivity contribution in [1.29, 1.82) is 0 Å². The normalized spacial score (nSPS) is 35.8. The monoisotopic (exact) mass is 219 g/mol. The molecule has 2 bridgehead atoms. The topological polar surface area (TPSA) is 45.0 Å². The minimum absolute atomic E-state index is 0.147. The third kappa shape index (κ3) is 1.42. The molecule has 1 aromatic heterocycles. The maximum absolute atomic E-state index is 6.42. The molecule has 3 nitrogen and oxygen atoms in total. The van der Waals surface area contributed by atoms with Gasteiger partial charge in [-0.15, -0.1) is 0 Å². The second-order valence-corrected chi connectivity index (χ2v) is 5.51. The molecule has 2 fully saturated rings. The molecule has 0 aromatic carbocycles. The van der Waals surface area contributed by atoms with E-state index in [0.717, 1.165) is 12.0 Å². The number of nitrogens with one attached hydrogen (secondary N) is 1. The van der Waals surface area contributed by atoms with Crippen molar-refractivity contribution in [1.82, 2.24) is 9.88 Å². The predicted molar refractivity (Wildman–Crippen MR) is 65.1 cm³/mol. The Labute approximate surface area is 97.0 Å². The van der Waals surface area contributed by atoms with Gasteiger partial charge in [0.15, 0.2) is 0 Å². The van der Waals surface area contributed by atoms with Gasteiger partial charge in [0.2, 0.25) is 0 Å². The third-order valence-electron chi connectivity index (χ3n) is 4.56. The number of hydrogen-bond acceptors (Lipinski definition) is 2. The fourth-order valence-electron chi connectivity index (χ4n) is 3.70. The molecule has 3 rings (SSSR count). The molecule has 1 aliphatic heterocycles. The summed E-state index contributed by atoms with van der Waals surface area (Å²) in [7, 11) is 2.24. The van der Waals surface area contributed by atoms with Crippen molar-refractivity contribution in [3.63, 3.8) is 0 Å². The zero-order valence-corrected chi connectivity index (χ0v) is 10.1. The number of likely N-dealkylation sites (tertiary alicyclic amines) is 1. The Hall–Kier alpha value is -0.800. The van der Waals surface area contributed by atoms with Gasteiger partial charge in [-0.3, -0.25) is 4.90 Å². The maximum Gasteiger partial charge on any atom is 0.0608 e. The molecule has 1 aromatic rings. The smallest absolute Gasteiger partial charge is 0.0608 e. The zero-order chi connectivity index (χ0) is 11.3. The molecule has 3 N–H and O–H groups in total. The zero-order valence-electron chi connectivity index (χ0n) is 10.1. The number of rotatable bonds is 2. The van der Waals surface area contributed by atoms with Gasteiger partial charge in [0.1, 0.15) is 0 Å². The van der Waals surface area contributed by atoms with Crippen LogP contribution in [0.2, 0.25) is 0 Å². The summed E-state index contributed by atoms with van der Waals surface area (Å²) in [6.07, 6.45) is 4.09. The van der Waals surface area contributed by atoms with Crippen LogP contribution in [-0.4, -0.2) is 29.0 Å². The lowest BCUT2D eigenvalue weighted by molar-refractivity contribution is 0.150. The number of fused-ring (bicyclic) bond motifs is 2. The molecular weight excluding hydrogens is 198 g/mol. The second-order valence-electron chi connectivity index (χ2n) is 5.51. The minimum atomic E-state index is 0.147. The SMILES string of the molecule is Cc1ccc(C(N)C2C3CCC(C3)N2C)[nH]1. The number of H-pyrrole nitrogens is 1. The first-order chi connectivity index (χ1) is 7.66. The average Bonchev–Trinajstić information content (AvgIpc) is 2.92. The van der Waals surface area contributed by atoms with E-state index in [1.54, 1.807) is 0 Å². The predicted octanol–water partition coefficient (Wildman–Crippen LogP) is 1.81. The molecule has 0 spiro atoms. The van der Waals surface area contributed by atoms with E-state index in [1.807, 2.05) is 0 Å². The third-order valence-corrected chi connectivity index (χ3v) is 4.56. The van der Waals surface area contributed by atoms with Crippen LogP contribution in [0.5, 0.6) is 0 Å². The van der Waals surface area contributed by atoms with Gasteiger partial charge < -0.3 is 10.7 Å². The second kappa shape index (κ2) is 3.60. The van der Waals surface area contributed by atoms with Gasteiger partial charge in [-0.05, 0) is 51.3 Å². The number of aromatic nitrogens is 1. The number of likely N-dealkylation sites (N-methyl/N-ethyl adjacent to an activating group) is 1. The number of hydrogen-bond donors (Lipinski definition) is 2. The van der Waals surface area contributed by atoms with Crippen molar-refractivity contribution in [3.05, 3.63) is 23.5 Å². The number of aromatic amines is 1. The van der Waals surface area contributed by atoms with Crippen LogP contribution >= 0.6 is 0 Å². The summed E-state index contributed by atoms with van der Waals surface area (Å²) in [5.41, 5.74) is 8.82. The van der Waals surface area contributed by atoms with Crippen LogP contribution in [0.3, 0.4) is 0 Å². The highest BCUT2D eigenvalue weighted by Crippen LogP contribution is 2.44. The van der Waals surface area contributed by atoms with E-state index < -0.39 is 0 Å². The highest BCUT2D eigenvalue weighted by Gasteiger charge is 2.46. The van der Waals surface area contributed by atoms with Crippen LogP contribution in [0.25, 0.3) is 0 Å². The molecule has 4 unspecified atom stereocenters. The van der Waals surface area contributed by atoms with Gasteiger partial charge in [-0.2, -0.15) is 0 Å². The Bertz CT molecular complexity index is 382. The Morgan fingerprint density at radius 2 is 2.25 bits per heavy atom. The molecule has 0 radical (unpaired) electrons. The van der Waals surface area contributed by atoms with Crippen LogP contribution in [0, 0.1) is 12.8 Å². The van der Waals surface area contributed by atoms with Gasteiger partial charge in [0.05, 0.1) is 6.04 Å². The largest absolute Gasteiger partial charge is 0.361 e. The van der Waals surface area contributed by atoms with Crippen molar-refractivity contribution in [2.75, 3.05) is 7.05 Å². The summed E-state index contributed by atoms with van der Waals surface area (Å²) in [6.45, 7) is 2.08. The molecule has 0 amide bonds. The molecule has 1 saturated heterocycles. The van der Waals surface area contributed by atoms with E-state index in [-0.39, 0.29) is 6.04 Å². The Kier molecular flexibility index (Phi) is 2.33. The molecule has 4 atom stereocenters. The highest BCUT2D eigenvalue weighted by molar-refractivity contribution is 5.18. The van der Waals surface area contributed by atoms with Crippen LogP contribution in [0.15, 0.2) is 12.1 Å². The molecule has 16 heavy (non-hydrogen) atoms. The van der Waals surface area contributed by atoms with Crippen molar-refractivity contribution in [2.24, 2.45) is 11.7 Å². The van der Waals surface area contributed by atoms with E-state index >= 15 is 0 Å². The maximum atomic E-state index is 6.42. The van der Waals surface area contributed by atoms with E-state index in [9.17, 15) is 0 Å². The lowest BCUT2D eigenvalue weighted by atomic mass is 9.91. The van der Waals surface area contributed by atoms with E-state index in [4.69, 9.17) is 5.73 Å². The number of nitrogens with two attached hydrogens (primary N) is 1. The van der Waals surface area contributed by atoms with Gasteiger partial charge in [-0.1, -0.05) is 0 Å². The Balaban J connectivity index is 1.83. The van der Waals surface area contributed by atoms with Gasteiger partial charge >= 0.3 is 0 Å². The first kappa shape index (κ1) is 10.4. The summed E-state index contributed by atoms with van der Waals surface area (Å²) in [4.78, 5) is 5.89. The van der Waals surface area contributed by atoms with Crippen molar-refractivity contribution >= 4 is 0 Å². The fourth-order valence-corrected chi connectivity index (χ4v) is 3.70. The van der Waals surface area contributed by atoms with E-state index in [0.29, 0.717) is 6.04 Å². The molecular formula is C13H21N3. The van der Waals surface area contributed by atoms with Gasteiger partial charge in [0, 0.05) is 23.5 Å². The molecule has 88 valence electrons. The minimum Gasteiger partial charge on any atom is -0.361 e. The standard InChI is InChI=1S/C13H21N3/c1-8-3-6-11(15-8)12(14)13-9-4-5-10(7-9)16(13)2/h3,6,9-10,12-13,15H,4-5,7,14H2,1-2H3. The lowest BCUT2D eigenvalue weighted by Gasteiger charge is -2.35. The lowest BCUT2D eigenvalue weighted by Crippen LogP contribution is -2.44. The fraction of sp³-hybridized carbons (Fsp3) is 0.692. The highest BCUT2D eigenvalue weighted by atomic mass is 15.2.